The summed E-state index contributed by atoms with van der Waals surface area (Å²) in [4.78, 5) is 16.2. The van der Waals surface area contributed by atoms with Crippen LogP contribution in [0.3, 0.4) is 0 Å². The van der Waals surface area contributed by atoms with Crippen LogP contribution in [0.1, 0.15) is 19.3 Å². The van der Waals surface area contributed by atoms with Crippen LogP contribution in [-0.4, -0.2) is 67.7 Å². The van der Waals surface area contributed by atoms with Gasteiger partial charge in [0.05, 0.1) is 6.04 Å². The van der Waals surface area contributed by atoms with E-state index in [1.165, 1.54) is 6.42 Å². The molecule has 5 heteroatoms. The predicted octanol–water partition coefficient (Wildman–Crippen LogP) is 0.242. The van der Waals surface area contributed by atoms with Gasteiger partial charge in [0.1, 0.15) is 6.67 Å². The second-order valence-corrected chi connectivity index (χ2v) is 4.86. The molecular formula is C12H22FN3O. The van der Waals surface area contributed by atoms with Gasteiger partial charge in [0.25, 0.3) is 0 Å². The summed E-state index contributed by atoms with van der Waals surface area (Å²) in [5.74, 6) is 0.240. The highest BCUT2D eigenvalue weighted by molar-refractivity contribution is 5.82. The van der Waals surface area contributed by atoms with Crippen LogP contribution >= 0.6 is 0 Å². The molecule has 1 amide bonds. The van der Waals surface area contributed by atoms with Gasteiger partial charge in [-0.3, -0.25) is 9.69 Å². The third-order valence-electron chi connectivity index (χ3n) is 3.69. The Labute approximate surface area is 102 Å². The van der Waals surface area contributed by atoms with E-state index in [1.54, 1.807) is 0 Å². The number of piperidine rings is 1. The van der Waals surface area contributed by atoms with E-state index < -0.39 is 0 Å². The van der Waals surface area contributed by atoms with Crippen molar-refractivity contribution in [2.75, 3.05) is 45.9 Å². The minimum Gasteiger partial charge on any atom is -0.339 e. The van der Waals surface area contributed by atoms with Gasteiger partial charge in [0.2, 0.25) is 5.91 Å². The Bertz CT molecular complexity index is 248. The zero-order chi connectivity index (χ0) is 12.1. The number of alkyl halides is 1. The van der Waals surface area contributed by atoms with Gasteiger partial charge < -0.3 is 10.2 Å². The third-order valence-corrected chi connectivity index (χ3v) is 3.69. The first kappa shape index (κ1) is 12.8. The molecular weight excluding hydrogens is 221 g/mol. The van der Waals surface area contributed by atoms with Crippen LogP contribution in [0.4, 0.5) is 4.39 Å². The van der Waals surface area contributed by atoms with Gasteiger partial charge in [-0.1, -0.05) is 6.42 Å². The summed E-state index contributed by atoms with van der Waals surface area (Å²) < 4.78 is 12.2. The summed E-state index contributed by atoms with van der Waals surface area (Å²) in [5.41, 5.74) is 0. The first-order valence-electron chi connectivity index (χ1n) is 6.62. The molecule has 0 spiro atoms. The van der Waals surface area contributed by atoms with Crippen molar-refractivity contribution >= 4 is 5.91 Å². The maximum absolute atomic E-state index is 12.2. The van der Waals surface area contributed by atoms with Crippen LogP contribution in [0.15, 0.2) is 0 Å². The zero-order valence-corrected chi connectivity index (χ0v) is 10.3. The van der Waals surface area contributed by atoms with Crippen LogP contribution in [0.5, 0.6) is 0 Å². The fourth-order valence-electron chi connectivity index (χ4n) is 2.59. The molecule has 0 aromatic rings. The molecule has 2 saturated heterocycles. The fourth-order valence-corrected chi connectivity index (χ4v) is 2.59. The first-order valence-corrected chi connectivity index (χ1v) is 6.62. The number of hydrogen-bond donors (Lipinski definition) is 1. The van der Waals surface area contributed by atoms with E-state index in [4.69, 9.17) is 0 Å². The standard InChI is InChI=1S/C12H22FN3O/c13-4-6-15-7-9-16(10-8-15)12(17)11-3-1-2-5-14-11/h11,14H,1-10H2/t11-/m1/s1. The molecule has 2 rings (SSSR count). The number of carbonyl (C=O) groups is 1. The van der Waals surface area contributed by atoms with Crippen molar-refractivity contribution in [3.05, 3.63) is 0 Å². The van der Waals surface area contributed by atoms with Crippen molar-refractivity contribution in [1.29, 1.82) is 0 Å². The van der Waals surface area contributed by atoms with Gasteiger partial charge >= 0.3 is 0 Å². The molecule has 0 aliphatic carbocycles. The van der Waals surface area contributed by atoms with Crippen LogP contribution < -0.4 is 5.32 Å². The van der Waals surface area contributed by atoms with E-state index in [1.807, 2.05) is 4.90 Å². The molecule has 17 heavy (non-hydrogen) atoms. The van der Waals surface area contributed by atoms with Crippen molar-refractivity contribution in [1.82, 2.24) is 15.1 Å². The van der Waals surface area contributed by atoms with Gasteiger partial charge in [-0.25, -0.2) is 4.39 Å². The number of piperazine rings is 1. The van der Waals surface area contributed by atoms with Gasteiger partial charge in [0.15, 0.2) is 0 Å². The monoisotopic (exact) mass is 243 g/mol. The molecule has 2 aliphatic heterocycles. The molecule has 0 aromatic heterocycles. The van der Waals surface area contributed by atoms with E-state index in [-0.39, 0.29) is 18.6 Å². The number of amides is 1. The van der Waals surface area contributed by atoms with Gasteiger partial charge in [-0.2, -0.15) is 0 Å². The minimum atomic E-state index is -0.294. The normalized spacial score (nSPS) is 27.1. The molecule has 4 nitrogen and oxygen atoms in total. The quantitative estimate of drug-likeness (QED) is 0.771. The minimum absolute atomic E-state index is 0.0245. The molecule has 1 N–H and O–H groups in total. The van der Waals surface area contributed by atoms with Gasteiger partial charge in [-0.15, -0.1) is 0 Å². The number of nitrogens with one attached hydrogen (secondary N) is 1. The summed E-state index contributed by atoms with van der Waals surface area (Å²) in [7, 11) is 0. The second-order valence-electron chi connectivity index (χ2n) is 4.86. The lowest BCUT2D eigenvalue weighted by Crippen LogP contribution is -2.55. The van der Waals surface area contributed by atoms with Crippen molar-refractivity contribution < 1.29 is 9.18 Å². The van der Waals surface area contributed by atoms with Crippen LogP contribution in [-0.2, 0) is 4.79 Å². The summed E-state index contributed by atoms with van der Waals surface area (Å²) in [6.07, 6.45) is 3.28. The first-order chi connectivity index (χ1) is 8.31. The molecule has 2 aliphatic rings. The fraction of sp³-hybridized carbons (Fsp3) is 0.917. The summed E-state index contributed by atoms with van der Waals surface area (Å²) in [6.45, 7) is 4.28. The molecule has 0 bridgehead atoms. The lowest BCUT2D eigenvalue weighted by Gasteiger charge is -2.37. The number of halogens is 1. The average Bonchev–Trinajstić information content (AvgIpc) is 2.40. The van der Waals surface area contributed by atoms with Crippen molar-refractivity contribution in [3.63, 3.8) is 0 Å². The summed E-state index contributed by atoms with van der Waals surface area (Å²) >= 11 is 0. The third kappa shape index (κ3) is 3.39. The summed E-state index contributed by atoms with van der Waals surface area (Å²) in [6, 6.07) is 0.0245. The Balaban J connectivity index is 1.77. The van der Waals surface area contributed by atoms with E-state index in [2.05, 4.69) is 10.2 Å². The average molecular weight is 243 g/mol. The number of hydrogen-bond acceptors (Lipinski definition) is 3. The van der Waals surface area contributed by atoms with Gasteiger partial charge in [-0.05, 0) is 19.4 Å². The molecule has 2 heterocycles. The topological polar surface area (TPSA) is 35.6 Å². The molecule has 0 unspecified atom stereocenters. The van der Waals surface area contributed by atoms with Crippen LogP contribution in [0, 0.1) is 0 Å². The molecule has 2 fully saturated rings. The van der Waals surface area contributed by atoms with E-state index >= 15 is 0 Å². The summed E-state index contributed by atoms with van der Waals surface area (Å²) in [5, 5.41) is 3.29. The molecule has 0 saturated carbocycles. The Morgan fingerprint density at radius 2 is 2.00 bits per heavy atom. The maximum Gasteiger partial charge on any atom is 0.239 e. The van der Waals surface area contributed by atoms with E-state index in [0.29, 0.717) is 6.54 Å². The Morgan fingerprint density at radius 3 is 2.59 bits per heavy atom. The van der Waals surface area contributed by atoms with Crippen LogP contribution in [0.25, 0.3) is 0 Å². The predicted molar refractivity (Wildman–Crippen MR) is 64.6 cm³/mol. The molecule has 1 atom stereocenters. The highest BCUT2D eigenvalue weighted by Crippen LogP contribution is 2.11. The van der Waals surface area contributed by atoms with Crippen molar-refractivity contribution in [2.24, 2.45) is 0 Å². The smallest absolute Gasteiger partial charge is 0.239 e. The second kappa shape index (κ2) is 6.31. The number of nitrogens with zero attached hydrogens (tertiary/aromatic N) is 2. The lowest BCUT2D eigenvalue weighted by molar-refractivity contribution is -0.135. The Kier molecular flexibility index (Phi) is 4.74. The van der Waals surface area contributed by atoms with E-state index in [0.717, 1.165) is 45.6 Å². The van der Waals surface area contributed by atoms with Gasteiger partial charge in [0, 0.05) is 32.7 Å². The molecule has 98 valence electrons. The SMILES string of the molecule is O=C([C@H]1CCCCN1)N1CCN(CCF)CC1. The highest BCUT2D eigenvalue weighted by Gasteiger charge is 2.27. The molecule has 0 aromatic carbocycles. The maximum atomic E-state index is 12.2. The van der Waals surface area contributed by atoms with Crippen molar-refractivity contribution in [3.8, 4) is 0 Å². The largest absolute Gasteiger partial charge is 0.339 e. The molecule has 0 radical (unpaired) electrons. The Hall–Kier alpha value is -0.680. The van der Waals surface area contributed by atoms with Crippen molar-refractivity contribution in [2.45, 2.75) is 25.3 Å². The Morgan fingerprint density at radius 1 is 1.24 bits per heavy atom. The number of carbonyl (C=O) groups excluding carboxylic acids is 1. The highest BCUT2D eigenvalue weighted by atomic mass is 19.1. The van der Waals surface area contributed by atoms with Crippen LogP contribution in [0.2, 0.25) is 0 Å². The zero-order valence-electron chi connectivity index (χ0n) is 10.3. The van der Waals surface area contributed by atoms with E-state index in [9.17, 15) is 9.18 Å². The lowest BCUT2D eigenvalue weighted by atomic mass is 10.0. The number of rotatable bonds is 3.